The first kappa shape index (κ1) is 26.7. The molecule has 4 rings (SSSR count). The zero-order valence-electron chi connectivity index (χ0n) is 21.3. The van der Waals surface area contributed by atoms with Crippen molar-refractivity contribution in [3.05, 3.63) is 65.5 Å². The van der Waals surface area contributed by atoms with Gasteiger partial charge in [0.15, 0.2) is 0 Å². The predicted molar refractivity (Wildman–Crippen MR) is 136 cm³/mol. The van der Waals surface area contributed by atoms with Gasteiger partial charge in [-0.05, 0) is 35.4 Å². The molecular formula is C27H33FN4O5. The van der Waals surface area contributed by atoms with Gasteiger partial charge in [-0.3, -0.25) is 14.5 Å². The van der Waals surface area contributed by atoms with Gasteiger partial charge in [0.05, 0.1) is 32.1 Å². The molecule has 0 aliphatic carbocycles. The minimum atomic E-state index is -0.364. The molecule has 0 saturated carbocycles. The molecule has 1 atom stereocenters. The lowest BCUT2D eigenvalue weighted by Crippen LogP contribution is -2.47. The van der Waals surface area contributed by atoms with E-state index in [1.54, 1.807) is 19.2 Å². The van der Waals surface area contributed by atoms with Crippen LogP contribution in [0.25, 0.3) is 0 Å². The molecule has 0 aromatic heterocycles. The van der Waals surface area contributed by atoms with Crippen LogP contribution in [0.15, 0.2) is 53.6 Å². The van der Waals surface area contributed by atoms with Gasteiger partial charge >= 0.3 is 0 Å². The van der Waals surface area contributed by atoms with Gasteiger partial charge in [0.25, 0.3) is 5.91 Å². The highest BCUT2D eigenvalue weighted by molar-refractivity contribution is 6.03. The first-order chi connectivity index (χ1) is 18.0. The summed E-state index contributed by atoms with van der Waals surface area (Å²) in [6.45, 7) is 3.68. The second-order valence-corrected chi connectivity index (χ2v) is 8.99. The quantitative estimate of drug-likeness (QED) is 0.486. The Hall–Kier alpha value is -3.34. The van der Waals surface area contributed by atoms with Crippen molar-refractivity contribution in [1.29, 1.82) is 0 Å². The molecule has 0 N–H and O–H groups in total. The molecular weight excluding hydrogens is 479 g/mol. The fraction of sp³-hybridized carbons (Fsp3) is 0.444. The van der Waals surface area contributed by atoms with Crippen LogP contribution in [0.4, 0.5) is 4.39 Å². The maximum Gasteiger partial charge on any atom is 0.262 e. The summed E-state index contributed by atoms with van der Waals surface area (Å²) in [7, 11) is 3.05. The van der Waals surface area contributed by atoms with E-state index in [1.807, 2.05) is 24.3 Å². The minimum absolute atomic E-state index is 0.109. The van der Waals surface area contributed by atoms with Gasteiger partial charge in [-0.2, -0.15) is 5.10 Å². The Morgan fingerprint density at radius 1 is 1.08 bits per heavy atom. The standard InChI is InChI=1S/C27H33FN4O5/c1-35-19-27(34)31(12-11-30-13-15-37-16-14-30)18-26(33)32-25(21-5-9-23(36-2)10-6-21)17-24(29-32)20-3-7-22(28)8-4-20/h3-10,25H,11-19H2,1-2H3/t25-/m0/s1. The lowest BCUT2D eigenvalue weighted by molar-refractivity contribution is -0.143. The highest BCUT2D eigenvalue weighted by Crippen LogP contribution is 2.33. The molecule has 2 amide bonds. The summed E-state index contributed by atoms with van der Waals surface area (Å²) in [5, 5.41) is 6.09. The number of hydrazone groups is 1. The molecule has 2 aromatic carbocycles. The normalized spacial score (nSPS) is 18.0. The van der Waals surface area contributed by atoms with E-state index in [2.05, 4.69) is 10.0 Å². The van der Waals surface area contributed by atoms with Crippen molar-refractivity contribution in [3.63, 3.8) is 0 Å². The van der Waals surface area contributed by atoms with Gasteiger partial charge in [-0.15, -0.1) is 0 Å². The number of ether oxygens (including phenoxy) is 3. The number of methoxy groups -OCH3 is 2. The molecule has 0 unspecified atom stereocenters. The SMILES string of the molecule is COCC(=O)N(CCN1CCOCC1)CC(=O)N1N=C(c2ccc(F)cc2)C[C@H]1c1ccc(OC)cc1. The van der Waals surface area contributed by atoms with Crippen LogP contribution in [0.5, 0.6) is 5.75 Å². The van der Waals surface area contributed by atoms with Crippen LogP contribution in [0, 0.1) is 5.82 Å². The Labute approximate surface area is 216 Å². The van der Waals surface area contributed by atoms with E-state index in [1.165, 1.54) is 29.2 Å². The third kappa shape index (κ3) is 6.91. The number of carbonyl (C=O) groups is 2. The molecule has 2 aromatic rings. The van der Waals surface area contributed by atoms with Crippen LogP contribution in [0.1, 0.15) is 23.6 Å². The Morgan fingerprint density at radius 2 is 1.78 bits per heavy atom. The average Bonchev–Trinajstić information content (AvgIpc) is 3.38. The van der Waals surface area contributed by atoms with Gasteiger partial charge in [-0.1, -0.05) is 24.3 Å². The van der Waals surface area contributed by atoms with E-state index in [4.69, 9.17) is 14.2 Å². The van der Waals surface area contributed by atoms with Crippen molar-refractivity contribution >= 4 is 17.5 Å². The predicted octanol–water partition coefficient (Wildman–Crippen LogP) is 2.32. The van der Waals surface area contributed by atoms with Crippen LogP contribution >= 0.6 is 0 Å². The Kier molecular flexibility index (Phi) is 9.21. The highest BCUT2D eigenvalue weighted by Gasteiger charge is 2.34. The molecule has 2 aliphatic heterocycles. The number of halogens is 1. The van der Waals surface area contributed by atoms with Crippen LogP contribution in [0.3, 0.4) is 0 Å². The number of hydrogen-bond donors (Lipinski definition) is 0. The number of rotatable bonds is 10. The smallest absolute Gasteiger partial charge is 0.262 e. The molecule has 0 spiro atoms. The molecule has 10 heteroatoms. The van der Waals surface area contributed by atoms with Crippen LogP contribution in [0.2, 0.25) is 0 Å². The van der Waals surface area contributed by atoms with Crippen LogP contribution in [-0.2, 0) is 19.1 Å². The summed E-state index contributed by atoms with van der Waals surface area (Å²) in [6, 6.07) is 13.2. The highest BCUT2D eigenvalue weighted by atomic mass is 19.1. The van der Waals surface area contributed by atoms with Crippen LogP contribution < -0.4 is 4.74 Å². The van der Waals surface area contributed by atoms with E-state index < -0.39 is 0 Å². The summed E-state index contributed by atoms with van der Waals surface area (Å²) >= 11 is 0. The molecule has 2 heterocycles. The summed E-state index contributed by atoms with van der Waals surface area (Å²) in [5.41, 5.74) is 2.31. The second-order valence-electron chi connectivity index (χ2n) is 8.99. The molecule has 0 radical (unpaired) electrons. The van der Waals surface area contributed by atoms with E-state index in [0.29, 0.717) is 44.2 Å². The summed E-state index contributed by atoms with van der Waals surface area (Å²) < 4.78 is 29.2. The van der Waals surface area contributed by atoms with E-state index in [9.17, 15) is 14.0 Å². The van der Waals surface area contributed by atoms with Gasteiger partial charge in [0.1, 0.15) is 24.7 Å². The molecule has 198 valence electrons. The van der Waals surface area contributed by atoms with Crippen molar-refractivity contribution in [2.24, 2.45) is 5.10 Å². The van der Waals surface area contributed by atoms with Crippen molar-refractivity contribution < 1.29 is 28.2 Å². The first-order valence-electron chi connectivity index (χ1n) is 12.3. The number of nitrogens with zero attached hydrogens (tertiary/aromatic N) is 4. The number of carbonyl (C=O) groups excluding carboxylic acids is 2. The number of amides is 2. The number of morpholine rings is 1. The van der Waals surface area contributed by atoms with E-state index in [0.717, 1.165) is 24.2 Å². The molecule has 2 aliphatic rings. The summed E-state index contributed by atoms with van der Waals surface area (Å²) in [5.74, 6) is -0.190. The Bertz CT molecular complexity index is 1090. The largest absolute Gasteiger partial charge is 0.497 e. The Balaban J connectivity index is 1.55. The van der Waals surface area contributed by atoms with E-state index >= 15 is 0 Å². The topological polar surface area (TPSA) is 83.9 Å². The van der Waals surface area contributed by atoms with Gasteiger partial charge in [0.2, 0.25) is 5.91 Å². The third-order valence-corrected chi connectivity index (χ3v) is 6.58. The summed E-state index contributed by atoms with van der Waals surface area (Å²) in [6.07, 6.45) is 0.462. The Morgan fingerprint density at radius 3 is 2.43 bits per heavy atom. The number of benzene rings is 2. The second kappa shape index (κ2) is 12.8. The van der Waals surface area contributed by atoms with Crippen molar-refractivity contribution in [2.75, 3.05) is 66.8 Å². The third-order valence-electron chi connectivity index (χ3n) is 6.58. The zero-order chi connectivity index (χ0) is 26.2. The fourth-order valence-corrected chi connectivity index (χ4v) is 4.47. The maximum absolute atomic E-state index is 13.6. The summed E-state index contributed by atoms with van der Waals surface area (Å²) in [4.78, 5) is 30.2. The monoisotopic (exact) mass is 512 g/mol. The van der Waals surface area contributed by atoms with Gasteiger partial charge in [-0.25, -0.2) is 9.40 Å². The van der Waals surface area contributed by atoms with E-state index in [-0.39, 0.29) is 36.8 Å². The van der Waals surface area contributed by atoms with Gasteiger partial charge in [0, 0.05) is 39.7 Å². The average molecular weight is 513 g/mol. The fourth-order valence-electron chi connectivity index (χ4n) is 4.47. The molecule has 1 saturated heterocycles. The maximum atomic E-state index is 13.6. The van der Waals surface area contributed by atoms with Gasteiger partial charge < -0.3 is 19.1 Å². The lowest BCUT2D eigenvalue weighted by atomic mass is 9.98. The molecule has 1 fully saturated rings. The molecule has 0 bridgehead atoms. The first-order valence-corrected chi connectivity index (χ1v) is 12.3. The number of hydrogen-bond acceptors (Lipinski definition) is 7. The van der Waals surface area contributed by atoms with Crippen molar-refractivity contribution in [3.8, 4) is 5.75 Å². The molecule has 9 nitrogen and oxygen atoms in total. The van der Waals surface area contributed by atoms with Crippen molar-refractivity contribution in [2.45, 2.75) is 12.5 Å². The molecule has 37 heavy (non-hydrogen) atoms. The minimum Gasteiger partial charge on any atom is -0.497 e. The lowest BCUT2D eigenvalue weighted by Gasteiger charge is -2.31. The van der Waals surface area contributed by atoms with Crippen LogP contribution in [-0.4, -0.2) is 99.1 Å². The zero-order valence-corrected chi connectivity index (χ0v) is 21.3. The van der Waals surface area contributed by atoms with Crippen molar-refractivity contribution in [1.82, 2.24) is 14.8 Å².